The number of aliphatic hydroxyl groups is 1. The van der Waals surface area contributed by atoms with Crippen molar-refractivity contribution in [2.24, 2.45) is 0 Å². The molecule has 1 aromatic carbocycles. The number of non-ortho nitro benzene ring substituents is 1. The summed E-state index contributed by atoms with van der Waals surface area (Å²) in [5.74, 6) is -0.0514. The second-order valence-electron chi connectivity index (χ2n) is 5.20. The largest absolute Gasteiger partial charge is 0.395 e. The first-order valence-electron chi connectivity index (χ1n) is 7.36. The van der Waals surface area contributed by atoms with Crippen LogP contribution in [0.2, 0.25) is 0 Å². The molecule has 124 valence electrons. The van der Waals surface area contributed by atoms with Crippen molar-refractivity contribution < 1.29 is 14.8 Å². The number of nitrogens with one attached hydrogen (secondary N) is 2. The van der Waals surface area contributed by atoms with Crippen LogP contribution in [0.15, 0.2) is 30.9 Å². The lowest BCUT2D eigenvalue weighted by Gasteiger charge is -2.18. The first-order valence-corrected chi connectivity index (χ1v) is 7.36. The van der Waals surface area contributed by atoms with Gasteiger partial charge in [0.25, 0.3) is 5.69 Å². The van der Waals surface area contributed by atoms with Gasteiger partial charge in [-0.05, 0) is 12.5 Å². The van der Waals surface area contributed by atoms with Crippen molar-refractivity contribution >= 4 is 23.0 Å². The van der Waals surface area contributed by atoms with E-state index < -0.39 is 11.0 Å². The van der Waals surface area contributed by atoms with Crippen molar-refractivity contribution in [2.75, 3.05) is 36.9 Å². The summed E-state index contributed by atoms with van der Waals surface area (Å²) in [7, 11) is 0. The molecule has 0 spiro atoms. The molecule has 8 heteroatoms. The number of nitrogens with zero attached hydrogens (tertiary/aromatic N) is 2. The van der Waals surface area contributed by atoms with Crippen LogP contribution >= 0.6 is 0 Å². The number of hydrogen-bond acceptors (Lipinski definition) is 6. The van der Waals surface area contributed by atoms with Gasteiger partial charge in [0.05, 0.1) is 22.9 Å². The van der Waals surface area contributed by atoms with E-state index in [0.29, 0.717) is 37.4 Å². The molecule has 3 N–H and O–H groups in total. The van der Waals surface area contributed by atoms with Gasteiger partial charge < -0.3 is 20.6 Å². The molecule has 23 heavy (non-hydrogen) atoms. The van der Waals surface area contributed by atoms with E-state index in [1.165, 1.54) is 12.1 Å². The average Bonchev–Trinajstić information content (AvgIpc) is 2.87. The lowest BCUT2D eigenvalue weighted by Crippen LogP contribution is -2.33. The third-order valence-corrected chi connectivity index (χ3v) is 3.62. The number of carbonyl (C=O) groups is 1. The SMILES string of the molecule is C=CCN1CC[C@@H](Nc2cc([N+](=O)[O-])ccc2NCCO)C1=O. The molecule has 1 heterocycles. The monoisotopic (exact) mass is 320 g/mol. The van der Waals surface area contributed by atoms with Gasteiger partial charge in [-0.1, -0.05) is 6.08 Å². The van der Waals surface area contributed by atoms with Crippen LogP contribution in [0.4, 0.5) is 17.1 Å². The second kappa shape index (κ2) is 7.59. The van der Waals surface area contributed by atoms with Gasteiger partial charge in [-0.3, -0.25) is 14.9 Å². The molecule has 0 saturated carbocycles. The zero-order valence-electron chi connectivity index (χ0n) is 12.7. The van der Waals surface area contributed by atoms with Crippen LogP contribution in [0, 0.1) is 10.1 Å². The molecule has 1 aromatic rings. The zero-order valence-corrected chi connectivity index (χ0v) is 12.7. The van der Waals surface area contributed by atoms with Gasteiger partial charge in [-0.15, -0.1) is 6.58 Å². The van der Waals surface area contributed by atoms with E-state index in [1.54, 1.807) is 17.0 Å². The van der Waals surface area contributed by atoms with E-state index >= 15 is 0 Å². The summed E-state index contributed by atoms with van der Waals surface area (Å²) in [5, 5.41) is 25.9. The van der Waals surface area contributed by atoms with E-state index in [9.17, 15) is 14.9 Å². The number of aliphatic hydroxyl groups excluding tert-OH is 1. The van der Waals surface area contributed by atoms with Gasteiger partial charge in [-0.2, -0.15) is 0 Å². The molecule has 0 bridgehead atoms. The normalized spacial score (nSPS) is 17.2. The summed E-state index contributed by atoms with van der Waals surface area (Å²) >= 11 is 0. The summed E-state index contributed by atoms with van der Waals surface area (Å²) in [6.07, 6.45) is 2.29. The third-order valence-electron chi connectivity index (χ3n) is 3.62. The molecule has 1 fully saturated rings. The quantitative estimate of drug-likeness (QED) is 0.377. The first kappa shape index (κ1) is 16.8. The van der Waals surface area contributed by atoms with Crippen LogP contribution in [-0.4, -0.2) is 53.1 Å². The summed E-state index contributed by atoms with van der Waals surface area (Å²) in [4.78, 5) is 24.4. The summed E-state index contributed by atoms with van der Waals surface area (Å²) in [5.41, 5.74) is 1.03. The third kappa shape index (κ3) is 3.98. The predicted molar refractivity (Wildman–Crippen MR) is 87.5 cm³/mol. The first-order chi connectivity index (χ1) is 11.1. The highest BCUT2D eigenvalue weighted by Crippen LogP contribution is 2.29. The molecule has 1 amide bonds. The van der Waals surface area contributed by atoms with Crippen LogP contribution in [-0.2, 0) is 4.79 Å². The van der Waals surface area contributed by atoms with E-state index in [2.05, 4.69) is 17.2 Å². The van der Waals surface area contributed by atoms with Crippen LogP contribution < -0.4 is 10.6 Å². The molecule has 2 rings (SSSR count). The van der Waals surface area contributed by atoms with E-state index in [1.807, 2.05) is 0 Å². The fraction of sp³-hybridized carbons (Fsp3) is 0.400. The number of carbonyl (C=O) groups excluding carboxylic acids is 1. The molecule has 1 aliphatic heterocycles. The molecule has 0 radical (unpaired) electrons. The Morgan fingerprint density at radius 1 is 1.48 bits per heavy atom. The van der Waals surface area contributed by atoms with Crippen molar-refractivity contribution in [3.63, 3.8) is 0 Å². The molecular formula is C15H20N4O4. The minimum atomic E-state index is -0.485. The molecule has 1 aliphatic rings. The Kier molecular flexibility index (Phi) is 5.53. The van der Waals surface area contributed by atoms with E-state index in [0.717, 1.165) is 0 Å². The van der Waals surface area contributed by atoms with Crippen molar-refractivity contribution in [3.05, 3.63) is 41.0 Å². The Morgan fingerprint density at radius 3 is 2.91 bits per heavy atom. The highest BCUT2D eigenvalue weighted by atomic mass is 16.6. The fourth-order valence-electron chi connectivity index (χ4n) is 2.51. The number of nitro groups is 1. The highest BCUT2D eigenvalue weighted by molar-refractivity contribution is 5.88. The molecule has 0 unspecified atom stereocenters. The van der Waals surface area contributed by atoms with Gasteiger partial charge in [-0.25, -0.2) is 0 Å². The number of hydrogen-bond donors (Lipinski definition) is 3. The van der Waals surface area contributed by atoms with E-state index in [-0.39, 0.29) is 18.2 Å². The van der Waals surface area contributed by atoms with Gasteiger partial charge in [0, 0.05) is 31.8 Å². The number of rotatable bonds is 8. The maximum Gasteiger partial charge on any atom is 0.271 e. The topological polar surface area (TPSA) is 108 Å². The maximum absolute atomic E-state index is 12.3. The van der Waals surface area contributed by atoms with Crippen LogP contribution in [0.5, 0.6) is 0 Å². The minimum Gasteiger partial charge on any atom is -0.395 e. The van der Waals surface area contributed by atoms with Crippen molar-refractivity contribution in [2.45, 2.75) is 12.5 Å². The standard InChI is InChI=1S/C15H20N4O4/c1-2-7-18-8-5-13(15(18)21)17-14-10-11(19(22)23)3-4-12(14)16-6-9-20/h2-4,10,13,16-17,20H,1,5-9H2/t13-/m1/s1. The smallest absolute Gasteiger partial charge is 0.271 e. The number of benzene rings is 1. The summed E-state index contributed by atoms with van der Waals surface area (Å²) in [6.45, 7) is 4.98. The Hall–Kier alpha value is -2.61. The molecule has 1 saturated heterocycles. The van der Waals surface area contributed by atoms with Gasteiger partial charge >= 0.3 is 0 Å². The molecule has 0 aliphatic carbocycles. The van der Waals surface area contributed by atoms with Gasteiger partial charge in [0.1, 0.15) is 6.04 Å². The Labute approximate surface area is 133 Å². The molecule has 8 nitrogen and oxygen atoms in total. The Balaban J connectivity index is 2.19. The van der Waals surface area contributed by atoms with Crippen molar-refractivity contribution in [1.29, 1.82) is 0 Å². The van der Waals surface area contributed by atoms with E-state index in [4.69, 9.17) is 5.11 Å². The molecular weight excluding hydrogens is 300 g/mol. The predicted octanol–water partition coefficient (Wildman–Crippen LogP) is 1.20. The summed E-state index contributed by atoms with van der Waals surface area (Å²) in [6, 6.07) is 3.91. The van der Waals surface area contributed by atoms with Crippen LogP contribution in [0.25, 0.3) is 0 Å². The molecule has 1 atom stereocenters. The number of amides is 1. The second-order valence-corrected chi connectivity index (χ2v) is 5.20. The minimum absolute atomic E-state index is 0.0514. The lowest BCUT2D eigenvalue weighted by molar-refractivity contribution is -0.384. The summed E-state index contributed by atoms with van der Waals surface area (Å²) < 4.78 is 0. The van der Waals surface area contributed by atoms with Crippen molar-refractivity contribution in [3.8, 4) is 0 Å². The number of anilines is 2. The Morgan fingerprint density at radius 2 is 2.26 bits per heavy atom. The number of nitro benzene ring substituents is 1. The molecule has 0 aromatic heterocycles. The zero-order chi connectivity index (χ0) is 16.8. The Bertz CT molecular complexity index is 605. The van der Waals surface area contributed by atoms with Crippen LogP contribution in [0.1, 0.15) is 6.42 Å². The highest BCUT2D eigenvalue weighted by Gasteiger charge is 2.31. The van der Waals surface area contributed by atoms with Gasteiger partial charge in [0.2, 0.25) is 5.91 Å². The van der Waals surface area contributed by atoms with Crippen molar-refractivity contribution in [1.82, 2.24) is 4.90 Å². The lowest BCUT2D eigenvalue weighted by atomic mass is 10.2. The maximum atomic E-state index is 12.3. The number of likely N-dealkylation sites (tertiary alicyclic amines) is 1. The average molecular weight is 320 g/mol. The fourth-order valence-corrected chi connectivity index (χ4v) is 2.51. The van der Waals surface area contributed by atoms with Crippen LogP contribution in [0.3, 0.4) is 0 Å². The van der Waals surface area contributed by atoms with Gasteiger partial charge in [0.15, 0.2) is 0 Å².